The quantitative estimate of drug-likeness (QED) is 0.265. The Bertz CT molecular complexity index is 1260. The van der Waals surface area contributed by atoms with Gasteiger partial charge in [0.15, 0.2) is 6.61 Å². The summed E-state index contributed by atoms with van der Waals surface area (Å²) < 4.78 is 4.80. The van der Waals surface area contributed by atoms with Crippen LogP contribution in [0.5, 0.6) is 5.75 Å². The lowest BCUT2D eigenvalue weighted by Crippen LogP contribution is -2.51. The number of hydrogen-bond donors (Lipinski definition) is 4. The van der Waals surface area contributed by atoms with Crippen LogP contribution < -0.4 is 15.6 Å². The molecule has 0 saturated heterocycles. The van der Waals surface area contributed by atoms with Gasteiger partial charge < -0.3 is 25.1 Å². The molecule has 4 N–H and O–H groups in total. The summed E-state index contributed by atoms with van der Waals surface area (Å²) in [5, 5.41) is 47.5. The first-order valence-corrected chi connectivity index (χ1v) is 14.9. The van der Waals surface area contributed by atoms with Gasteiger partial charge in [0.2, 0.25) is 0 Å². The van der Waals surface area contributed by atoms with Crippen molar-refractivity contribution in [2.75, 3.05) is 18.9 Å². The fourth-order valence-corrected chi connectivity index (χ4v) is 8.44. The number of aliphatic hydroxyl groups is 1. The highest BCUT2D eigenvalue weighted by Gasteiger charge is 2.58. The Labute approximate surface area is 246 Å². The van der Waals surface area contributed by atoms with Gasteiger partial charge in [-0.25, -0.2) is 4.79 Å². The second-order valence-electron chi connectivity index (χ2n) is 12.9. The predicted molar refractivity (Wildman–Crippen MR) is 151 cm³/mol. The third kappa shape index (κ3) is 5.61. The summed E-state index contributed by atoms with van der Waals surface area (Å²) in [5.41, 5.74) is 2.42. The Hall–Kier alpha value is -3.15. The molecule has 0 aromatic heterocycles. The van der Waals surface area contributed by atoms with E-state index in [0.29, 0.717) is 23.3 Å². The van der Waals surface area contributed by atoms with Crippen LogP contribution in [-0.4, -0.2) is 59.0 Å². The zero-order chi connectivity index (χ0) is 30.2. The molecule has 3 fully saturated rings. The Morgan fingerprint density at radius 2 is 1.93 bits per heavy atom. The molecule has 0 heterocycles. The van der Waals surface area contributed by atoms with E-state index in [1.165, 1.54) is 24.8 Å². The van der Waals surface area contributed by atoms with Crippen LogP contribution in [0.15, 0.2) is 35.0 Å². The van der Waals surface area contributed by atoms with Crippen molar-refractivity contribution < 1.29 is 39.8 Å². The molecule has 4 aliphatic rings. The van der Waals surface area contributed by atoms with E-state index < -0.39 is 30.3 Å². The van der Waals surface area contributed by atoms with Crippen LogP contribution in [0.4, 0.5) is 5.69 Å². The fourth-order valence-electron chi connectivity index (χ4n) is 8.44. The third-order valence-corrected chi connectivity index (χ3v) is 10.8. The highest BCUT2D eigenvalue weighted by molar-refractivity contribution is 5.96. The zero-order valence-corrected chi connectivity index (χ0v) is 24.5. The van der Waals surface area contributed by atoms with Crippen LogP contribution in [0.1, 0.15) is 70.8 Å². The van der Waals surface area contributed by atoms with E-state index in [-0.39, 0.29) is 34.3 Å². The number of carbonyl (C=O) groups is 2. The third-order valence-electron chi connectivity index (χ3n) is 10.8. The van der Waals surface area contributed by atoms with Crippen molar-refractivity contribution in [1.29, 1.82) is 0 Å². The number of nitrogens with zero attached hydrogens (tertiary/aromatic N) is 2. The summed E-state index contributed by atoms with van der Waals surface area (Å²) in [6.07, 6.45) is 10.1. The first-order valence-electron chi connectivity index (χ1n) is 14.9. The molecule has 7 atom stereocenters. The highest BCUT2D eigenvalue weighted by Crippen LogP contribution is 2.65. The molecule has 4 aliphatic carbocycles. The average molecular weight is 585 g/mol. The highest BCUT2D eigenvalue weighted by atomic mass is 16.8. The first kappa shape index (κ1) is 30.3. The second-order valence-corrected chi connectivity index (χ2v) is 12.9. The largest absolute Gasteiger partial charge is 0.871 e. The minimum atomic E-state index is -1.08. The van der Waals surface area contributed by atoms with Crippen molar-refractivity contribution in [2.24, 2.45) is 33.7 Å². The summed E-state index contributed by atoms with van der Waals surface area (Å²) in [6.45, 7) is 4.30. The number of amides is 1. The lowest BCUT2D eigenvalue weighted by molar-refractivity contribution is -0.268. The number of rotatable bonds is 8. The van der Waals surface area contributed by atoms with Crippen molar-refractivity contribution in [3.05, 3.63) is 35.4 Å². The van der Waals surface area contributed by atoms with E-state index in [2.05, 4.69) is 30.4 Å². The minimum absolute atomic E-state index is 0.0418. The molecule has 230 valence electrons. The zero-order valence-electron chi connectivity index (χ0n) is 24.5. The van der Waals surface area contributed by atoms with Crippen LogP contribution in [0, 0.1) is 28.6 Å². The maximum absolute atomic E-state index is 12.6. The Balaban J connectivity index is 1.19. The number of oxime groups is 1. The minimum Gasteiger partial charge on any atom is -0.871 e. The topological polar surface area (TPSA) is 164 Å². The molecule has 1 aromatic carbocycles. The van der Waals surface area contributed by atoms with Gasteiger partial charge in [-0.2, -0.15) is 0 Å². The van der Waals surface area contributed by atoms with Gasteiger partial charge in [-0.3, -0.25) is 15.2 Å². The van der Waals surface area contributed by atoms with E-state index in [1.54, 1.807) is 0 Å². The van der Waals surface area contributed by atoms with Crippen LogP contribution >= 0.6 is 0 Å². The summed E-state index contributed by atoms with van der Waals surface area (Å²) in [6, 6.07) is 2.70. The van der Waals surface area contributed by atoms with Crippen LogP contribution in [-0.2, 0) is 25.6 Å². The molecule has 11 heteroatoms. The van der Waals surface area contributed by atoms with E-state index in [4.69, 9.17) is 9.57 Å². The summed E-state index contributed by atoms with van der Waals surface area (Å²) in [7, 11) is 1.19. The van der Waals surface area contributed by atoms with E-state index in [9.17, 15) is 30.2 Å². The number of ether oxygens (including phenoxy) is 1. The Kier molecular flexibility index (Phi) is 8.55. The number of hydrogen-bond acceptors (Lipinski definition) is 10. The van der Waals surface area contributed by atoms with Crippen molar-refractivity contribution >= 4 is 23.3 Å². The van der Waals surface area contributed by atoms with Crippen LogP contribution in [0.2, 0.25) is 0 Å². The van der Waals surface area contributed by atoms with E-state index in [1.807, 2.05) is 0 Å². The number of benzene rings is 1. The molecular weight excluding hydrogens is 542 g/mol. The molecule has 11 nitrogen and oxygen atoms in total. The van der Waals surface area contributed by atoms with Gasteiger partial charge >= 0.3 is 5.97 Å². The standard InChI is InChI=1S/C31H43N3O8/c1-30-12-10-20(16-19(30)5-6-21-22-7-9-27(36)31(22,2)13-11-23(21)30)33-42-17-28(37)32-24(29(38)41-3)14-18-4-8-26(35)25(15-18)34(39)40/h4,8,15-16,21-24,27,35-36,39-40H,5-7,9-14,17H2,1-3H3,(H,32,37)/p-1/t21-,22-,23-,24-,27-,30-,31-/m0/s1. The number of esters is 1. The van der Waals surface area contributed by atoms with Crippen LogP contribution in [0.3, 0.4) is 0 Å². The number of nitrogens with one attached hydrogen (secondary N) is 1. The summed E-state index contributed by atoms with van der Waals surface area (Å²) in [4.78, 5) is 30.4. The van der Waals surface area contributed by atoms with Gasteiger partial charge in [0.05, 0.1) is 24.6 Å². The molecular formula is C31H42N3O8-. The summed E-state index contributed by atoms with van der Waals surface area (Å²) in [5.74, 6) is -0.0178. The Morgan fingerprint density at radius 3 is 2.67 bits per heavy atom. The van der Waals surface area contributed by atoms with Crippen molar-refractivity contribution in [1.82, 2.24) is 5.32 Å². The number of aliphatic hydroxyl groups excluding tert-OH is 1. The predicted octanol–water partition coefficient (Wildman–Crippen LogP) is 3.24. The van der Waals surface area contributed by atoms with Gasteiger partial charge in [0, 0.05) is 6.42 Å². The lowest BCUT2D eigenvalue weighted by Gasteiger charge is -2.57. The van der Waals surface area contributed by atoms with E-state index >= 15 is 0 Å². The maximum Gasteiger partial charge on any atom is 0.328 e. The average Bonchev–Trinajstić information content (AvgIpc) is 3.27. The molecule has 5 rings (SSSR count). The second kappa shape index (κ2) is 11.9. The number of anilines is 1. The molecule has 1 amide bonds. The van der Waals surface area contributed by atoms with Gasteiger partial charge in [0.1, 0.15) is 6.04 Å². The molecule has 1 aromatic rings. The fraction of sp³-hybridized carbons (Fsp3) is 0.645. The number of methoxy groups -OCH3 is 1. The van der Waals surface area contributed by atoms with Crippen molar-refractivity contribution in [2.45, 2.75) is 83.8 Å². The Morgan fingerprint density at radius 1 is 1.14 bits per heavy atom. The smallest absolute Gasteiger partial charge is 0.328 e. The van der Waals surface area contributed by atoms with Gasteiger partial charge in [-0.05, 0) is 97.7 Å². The van der Waals surface area contributed by atoms with Gasteiger partial charge in [-0.1, -0.05) is 42.5 Å². The van der Waals surface area contributed by atoms with E-state index in [0.717, 1.165) is 63.1 Å². The lowest BCUT2D eigenvalue weighted by atomic mass is 9.47. The maximum atomic E-state index is 12.6. The molecule has 0 spiro atoms. The van der Waals surface area contributed by atoms with Crippen molar-refractivity contribution in [3.8, 4) is 5.75 Å². The van der Waals surface area contributed by atoms with Crippen molar-refractivity contribution in [3.63, 3.8) is 0 Å². The van der Waals surface area contributed by atoms with Crippen LogP contribution in [0.25, 0.3) is 0 Å². The first-order chi connectivity index (χ1) is 20.0. The normalized spacial score (nSPS) is 33.5. The SMILES string of the molecule is COC(=O)[C@H](Cc1ccc([O-])c(N(O)O)c1)NC(=O)CON=C1C=C2CC[C@H]3[C@@H]4CC[C@H](O)[C@@]4(C)CC[C@@H]3[C@@]2(C)CC1. The number of allylic oxidation sites excluding steroid dienone is 2. The van der Waals surface area contributed by atoms with Gasteiger partial charge in [0.25, 0.3) is 5.91 Å². The monoisotopic (exact) mass is 584 g/mol. The molecule has 0 radical (unpaired) electrons. The van der Waals surface area contributed by atoms with Gasteiger partial charge in [-0.15, -0.1) is 5.23 Å². The number of fused-ring (bicyclic) bond motifs is 5. The molecule has 0 bridgehead atoms. The molecule has 42 heavy (non-hydrogen) atoms. The molecule has 0 aliphatic heterocycles. The molecule has 3 saturated carbocycles. The summed E-state index contributed by atoms with van der Waals surface area (Å²) >= 11 is 0. The molecule has 0 unspecified atom stereocenters. The number of carbonyl (C=O) groups excluding carboxylic acids is 2.